The predicted molar refractivity (Wildman–Crippen MR) is 101 cm³/mol. The van der Waals surface area contributed by atoms with Crippen molar-refractivity contribution in [2.75, 3.05) is 13.1 Å². The first-order valence-electron chi connectivity index (χ1n) is 9.72. The molecule has 1 amide bonds. The van der Waals surface area contributed by atoms with Crippen molar-refractivity contribution in [3.05, 3.63) is 54.0 Å². The van der Waals surface area contributed by atoms with E-state index in [1.54, 1.807) is 17.0 Å². The van der Waals surface area contributed by atoms with Gasteiger partial charge in [-0.05, 0) is 49.9 Å². The molecule has 30 heavy (non-hydrogen) atoms. The van der Waals surface area contributed by atoms with Gasteiger partial charge in [0.15, 0.2) is 5.76 Å². The van der Waals surface area contributed by atoms with Crippen LogP contribution in [0.4, 0.5) is 13.2 Å². The number of alkyl halides is 3. The van der Waals surface area contributed by atoms with E-state index in [1.807, 2.05) is 0 Å². The lowest BCUT2D eigenvalue weighted by molar-refractivity contribution is -0.139. The highest BCUT2D eigenvalue weighted by Crippen LogP contribution is 2.40. The van der Waals surface area contributed by atoms with Gasteiger partial charge in [-0.25, -0.2) is 8.42 Å². The number of halogens is 3. The van der Waals surface area contributed by atoms with Crippen molar-refractivity contribution in [3.63, 3.8) is 0 Å². The van der Waals surface area contributed by atoms with Crippen molar-refractivity contribution in [1.82, 2.24) is 9.21 Å². The van der Waals surface area contributed by atoms with Gasteiger partial charge in [0.2, 0.25) is 10.0 Å². The van der Waals surface area contributed by atoms with Crippen molar-refractivity contribution in [1.29, 1.82) is 0 Å². The van der Waals surface area contributed by atoms with Crippen LogP contribution >= 0.6 is 0 Å². The average molecular weight is 442 g/mol. The van der Waals surface area contributed by atoms with E-state index >= 15 is 0 Å². The summed E-state index contributed by atoms with van der Waals surface area (Å²) in [6.45, 7) is 0.619. The molecule has 2 aromatic rings. The summed E-state index contributed by atoms with van der Waals surface area (Å²) >= 11 is 0. The van der Waals surface area contributed by atoms with Crippen LogP contribution in [-0.2, 0) is 16.2 Å². The van der Waals surface area contributed by atoms with Gasteiger partial charge in [0.25, 0.3) is 5.91 Å². The molecule has 10 heteroatoms. The lowest BCUT2D eigenvalue weighted by Crippen LogP contribution is -2.49. The van der Waals surface area contributed by atoms with Crippen LogP contribution in [0, 0.1) is 0 Å². The number of rotatable bonds is 5. The van der Waals surface area contributed by atoms with Crippen LogP contribution in [0.1, 0.15) is 41.8 Å². The van der Waals surface area contributed by atoms with Gasteiger partial charge in [0, 0.05) is 25.2 Å². The molecule has 1 aromatic carbocycles. The van der Waals surface area contributed by atoms with Crippen molar-refractivity contribution < 1.29 is 30.8 Å². The van der Waals surface area contributed by atoms with Crippen LogP contribution in [0.15, 0.2) is 52.0 Å². The monoisotopic (exact) mass is 442 g/mol. The number of amides is 1. The molecular weight excluding hydrogens is 421 g/mol. The molecule has 0 radical (unpaired) electrons. The molecule has 2 fully saturated rings. The number of benzene rings is 1. The smallest absolute Gasteiger partial charge is 0.417 e. The quantitative estimate of drug-likeness (QED) is 0.707. The number of furan rings is 1. The molecule has 1 saturated carbocycles. The van der Waals surface area contributed by atoms with Gasteiger partial charge in [0.1, 0.15) is 0 Å². The molecule has 1 aliphatic heterocycles. The number of hydrogen-bond acceptors (Lipinski definition) is 4. The van der Waals surface area contributed by atoms with Gasteiger partial charge in [-0.15, -0.1) is 0 Å². The SMILES string of the molecule is O=C(c1ccco1)N1CCC(N(C2CC2)S(=O)(=O)c2ccccc2C(F)(F)F)CC1. The normalized spacial score (nSPS) is 18.7. The van der Waals surface area contributed by atoms with Crippen molar-refractivity contribution in [3.8, 4) is 0 Å². The number of nitrogens with zero attached hydrogens (tertiary/aromatic N) is 2. The van der Waals surface area contributed by atoms with Gasteiger partial charge in [0.05, 0.1) is 16.7 Å². The Morgan fingerprint density at radius 2 is 1.63 bits per heavy atom. The van der Waals surface area contributed by atoms with Gasteiger partial charge in [-0.2, -0.15) is 17.5 Å². The summed E-state index contributed by atoms with van der Waals surface area (Å²) in [5, 5.41) is 0. The highest BCUT2D eigenvalue weighted by atomic mass is 32.2. The molecule has 4 rings (SSSR count). The Labute approximate surface area is 172 Å². The number of likely N-dealkylation sites (tertiary alicyclic amines) is 1. The molecular formula is C20H21F3N2O4S. The standard InChI is InChI=1S/C20H21F3N2O4S/c21-20(22,23)16-4-1-2-6-18(16)30(27,28)25(14-7-8-14)15-9-11-24(12-10-15)19(26)17-5-3-13-29-17/h1-6,13-15H,7-12H2. The zero-order valence-corrected chi connectivity index (χ0v) is 16.8. The Morgan fingerprint density at radius 1 is 1.00 bits per heavy atom. The molecule has 1 aliphatic carbocycles. The maximum atomic E-state index is 13.4. The fourth-order valence-corrected chi connectivity index (χ4v) is 6.08. The maximum Gasteiger partial charge on any atom is 0.417 e. The van der Waals surface area contributed by atoms with Crippen LogP contribution in [0.2, 0.25) is 0 Å². The van der Waals surface area contributed by atoms with Crippen molar-refractivity contribution in [2.45, 2.75) is 48.8 Å². The molecule has 2 aliphatic rings. The first-order chi connectivity index (χ1) is 14.2. The summed E-state index contributed by atoms with van der Waals surface area (Å²) < 4.78 is 73.3. The number of carbonyl (C=O) groups excluding carboxylic acids is 1. The second-order valence-electron chi connectivity index (χ2n) is 7.56. The Balaban J connectivity index is 1.57. The van der Waals surface area contributed by atoms with Crippen LogP contribution in [0.5, 0.6) is 0 Å². The average Bonchev–Trinajstić information content (AvgIpc) is 3.38. The Kier molecular flexibility index (Phi) is 5.39. The molecule has 0 N–H and O–H groups in total. The lowest BCUT2D eigenvalue weighted by atomic mass is 10.0. The number of sulfonamides is 1. The minimum atomic E-state index is -4.77. The second kappa shape index (κ2) is 7.73. The number of hydrogen-bond donors (Lipinski definition) is 0. The van der Waals surface area contributed by atoms with Crippen molar-refractivity contribution >= 4 is 15.9 Å². The molecule has 0 unspecified atom stereocenters. The summed E-state index contributed by atoms with van der Waals surface area (Å²) in [5.74, 6) is -0.0686. The summed E-state index contributed by atoms with van der Waals surface area (Å²) in [6.07, 6.45) is -1.40. The van der Waals surface area contributed by atoms with Crippen LogP contribution in [0.3, 0.4) is 0 Å². The minimum Gasteiger partial charge on any atom is -0.459 e. The molecule has 1 aromatic heterocycles. The summed E-state index contributed by atoms with van der Waals surface area (Å²) in [7, 11) is -4.34. The van der Waals surface area contributed by atoms with Gasteiger partial charge >= 0.3 is 6.18 Å². The van der Waals surface area contributed by atoms with Crippen LogP contribution < -0.4 is 0 Å². The lowest BCUT2D eigenvalue weighted by Gasteiger charge is -2.38. The molecule has 6 nitrogen and oxygen atoms in total. The predicted octanol–water partition coefficient (Wildman–Crippen LogP) is 3.76. The fraction of sp³-hybridized carbons (Fsp3) is 0.450. The van der Waals surface area contributed by atoms with E-state index in [0.29, 0.717) is 38.8 Å². The zero-order valence-electron chi connectivity index (χ0n) is 16.0. The zero-order chi connectivity index (χ0) is 21.5. The van der Waals surface area contributed by atoms with Gasteiger partial charge in [-0.3, -0.25) is 4.79 Å². The number of piperidine rings is 1. The fourth-order valence-electron chi connectivity index (χ4n) is 3.94. The second-order valence-corrected chi connectivity index (χ2v) is 9.37. The highest BCUT2D eigenvalue weighted by molar-refractivity contribution is 7.89. The molecule has 2 heterocycles. The maximum absolute atomic E-state index is 13.4. The van der Waals surface area contributed by atoms with E-state index in [0.717, 1.165) is 12.1 Å². The van der Waals surface area contributed by atoms with E-state index in [9.17, 15) is 26.4 Å². The Morgan fingerprint density at radius 3 is 2.20 bits per heavy atom. The highest BCUT2D eigenvalue weighted by Gasteiger charge is 2.46. The summed E-state index contributed by atoms with van der Waals surface area (Å²) in [5.41, 5.74) is -1.15. The molecule has 1 saturated heterocycles. The Hall–Kier alpha value is -2.33. The molecule has 0 spiro atoms. The Bertz CT molecular complexity index is 1010. The molecule has 0 atom stereocenters. The summed E-state index contributed by atoms with van der Waals surface area (Å²) in [6, 6.07) is 6.71. The third kappa shape index (κ3) is 3.98. The van der Waals surface area contributed by atoms with Crippen LogP contribution in [0.25, 0.3) is 0 Å². The molecule has 0 bridgehead atoms. The minimum absolute atomic E-state index is 0.208. The first-order valence-corrected chi connectivity index (χ1v) is 11.2. The third-order valence-electron chi connectivity index (χ3n) is 5.50. The topological polar surface area (TPSA) is 70.8 Å². The van der Waals surface area contributed by atoms with E-state index in [2.05, 4.69) is 0 Å². The van der Waals surface area contributed by atoms with E-state index in [4.69, 9.17) is 4.42 Å². The van der Waals surface area contributed by atoms with Gasteiger partial charge < -0.3 is 9.32 Å². The first kappa shape index (κ1) is 20.9. The summed E-state index contributed by atoms with van der Waals surface area (Å²) in [4.78, 5) is 13.3. The molecule has 162 valence electrons. The van der Waals surface area contributed by atoms with Gasteiger partial charge in [-0.1, -0.05) is 12.1 Å². The van der Waals surface area contributed by atoms with Crippen LogP contribution in [-0.4, -0.2) is 48.7 Å². The largest absolute Gasteiger partial charge is 0.459 e. The van der Waals surface area contributed by atoms with E-state index < -0.39 is 32.7 Å². The number of carbonyl (C=O) groups is 1. The third-order valence-corrected chi connectivity index (χ3v) is 7.56. The van der Waals surface area contributed by atoms with E-state index in [-0.39, 0.29) is 17.7 Å². The van der Waals surface area contributed by atoms with E-state index in [1.165, 1.54) is 22.7 Å². The van der Waals surface area contributed by atoms with Crippen molar-refractivity contribution in [2.24, 2.45) is 0 Å².